The van der Waals surface area contributed by atoms with Gasteiger partial charge in [0, 0.05) is 6.54 Å². The predicted molar refractivity (Wildman–Crippen MR) is 79.9 cm³/mol. The molecule has 110 valence electrons. The average molecular weight is 277 g/mol. The molecule has 1 N–H and O–H groups in total. The average Bonchev–Trinajstić information content (AvgIpc) is 2.77. The number of aliphatic hydroxyl groups excluding tert-OH is 1. The number of hydrogen-bond donors (Lipinski definition) is 1. The molecule has 0 saturated carbocycles. The fourth-order valence-corrected chi connectivity index (χ4v) is 2.52. The summed E-state index contributed by atoms with van der Waals surface area (Å²) in [5.41, 5.74) is 2.17. The first-order chi connectivity index (χ1) is 9.67. The zero-order chi connectivity index (χ0) is 14.5. The minimum absolute atomic E-state index is 0.336. The number of benzene rings is 1. The third kappa shape index (κ3) is 3.12. The summed E-state index contributed by atoms with van der Waals surface area (Å²) in [4.78, 5) is 11.6. The monoisotopic (exact) mass is 277 g/mol. The highest BCUT2D eigenvalue weighted by molar-refractivity contribution is 5.73. The molecule has 0 fully saturated rings. The van der Waals surface area contributed by atoms with Crippen LogP contribution in [0, 0.1) is 0 Å². The Morgan fingerprint density at radius 3 is 2.75 bits per heavy atom. The minimum Gasteiger partial charge on any atom is -0.408 e. The van der Waals surface area contributed by atoms with Gasteiger partial charge in [0.15, 0.2) is 5.58 Å². The first kappa shape index (κ1) is 14.9. The molecule has 0 aliphatic carbocycles. The van der Waals surface area contributed by atoms with Crippen molar-refractivity contribution in [3.8, 4) is 0 Å². The van der Waals surface area contributed by atoms with Gasteiger partial charge in [0.05, 0.1) is 11.6 Å². The normalized spacial score (nSPS) is 12.9. The number of nitrogens with zero attached hydrogens (tertiary/aromatic N) is 1. The van der Waals surface area contributed by atoms with Gasteiger partial charge in [-0.15, -0.1) is 0 Å². The molecule has 1 aromatic heterocycles. The zero-order valence-electron chi connectivity index (χ0n) is 12.3. The first-order valence-electron chi connectivity index (χ1n) is 7.48. The molecule has 0 aliphatic rings. The fourth-order valence-electron chi connectivity index (χ4n) is 2.52. The number of aliphatic hydroxyl groups is 1. The summed E-state index contributed by atoms with van der Waals surface area (Å²) in [6.45, 7) is 4.67. The summed E-state index contributed by atoms with van der Waals surface area (Å²) < 4.78 is 6.81. The lowest BCUT2D eigenvalue weighted by Gasteiger charge is -2.10. The van der Waals surface area contributed by atoms with Crippen LogP contribution in [0.25, 0.3) is 11.1 Å². The molecule has 2 aromatic rings. The standard InChI is InChI=1S/C16H23NO3/c1-3-5-6-7-8-14(18)12-9-10-13-15(11-12)20-16(19)17(13)4-2/h9-11,14,18H,3-8H2,1-2H3. The molecule has 4 nitrogen and oxygen atoms in total. The van der Waals surface area contributed by atoms with E-state index in [1.54, 1.807) is 10.6 Å². The third-order valence-corrected chi connectivity index (χ3v) is 3.72. The first-order valence-corrected chi connectivity index (χ1v) is 7.48. The largest absolute Gasteiger partial charge is 0.419 e. The minimum atomic E-state index is -0.480. The molecule has 20 heavy (non-hydrogen) atoms. The van der Waals surface area contributed by atoms with Crippen LogP contribution in [0.2, 0.25) is 0 Å². The van der Waals surface area contributed by atoms with Crippen molar-refractivity contribution in [3.05, 3.63) is 34.3 Å². The Morgan fingerprint density at radius 2 is 2.05 bits per heavy atom. The van der Waals surface area contributed by atoms with E-state index in [2.05, 4.69) is 6.92 Å². The maximum Gasteiger partial charge on any atom is 0.419 e. The number of oxazole rings is 1. The van der Waals surface area contributed by atoms with E-state index in [-0.39, 0.29) is 5.76 Å². The van der Waals surface area contributed by atoms with Crippen molar-refractivity contribution < 1.29 is 9.52 Å². The second-order valence-corrected chi connectivity index (χ2v) is 5.20. The topological polar surface area (TPSA) is 55.4 Å². The van der Waals surface area contributed by atoms with Gasteiger partial charge in [-0.3, -0.25) is 4.57 Å². The zero-order valence-corrected chi connectivity index (χ0v) is 12.3. The molecule has 0 radical (unpaired) electrons. The SMILES string of the molecule is CCCCCCC(O)c1ccc2c(c1)oc(=O)n2CC. The van der Waals surface area contributed by atoms with Crippen molar-refractivity contribution >= 4 is 11.1 Å². The van der Waals surface area contributed by atoms with E-state index in [1.165, 1.54) is 12.8 Å². The van der Waals surface area contributed by atoms with Gasteiger partial charge in [-0.25, -0.2) is 4.79 Å². The van der Waals surface area contributed by atoms with Crippen LogP contribution >= 0.6 is 0 Å². The molecule has 0 saturated heterocycles. The van der Waals surface area contributed by atoms with E-state index >= 15 is 0 Å². The summed E-state index contributed by atoms with van der Waals surface area (Å²) in [7, 11) is 0. The Bertz CT molecular complexity index is 612. The van der Waals surface area contributed by atoms with Gasteiger partial charge in [-0.2, -0.15) is 0 Å². The Hall–Kier alpha value is -1.55. The lowest BCUT2D eigenvalue weighted by Crippen LogP contribution is -2.11. The molecule has 1 heterocycles. The summed E-state index contributed by atoms with van der Waals surface area (Å²) >= 11 is 0. The van der Waals surface area contributed by atoms with Crippen LogP contribution in [0.15, 0.2) is 27.4 Å². The predicted octanol–water partition coefficient (Wildman–Crippen LogP) is 3.62. The Balaban J connectivity index is 2.13. The van der Waals surface area contributed by atoms with E-state index in [1.807, 2.05) is 19.1 Å². The number of rotatable bonds is 7. The molecule has 1 unspecified atom stereocenters. The summed E-state index contributed by atoms with van der Waals surface area (Å²) in [6.07, 6.45) is 4.85. The Labute approximate surface area is 119 Å². The van der Waals surface area contributed by atoms with Gasteiger partial charge >= 0.3 is 5.76 Å². The van der Waals surface area contributed by atoms with Gasteiger partial charge in [0.1, 0.15) is 0 Å². The van der Waals surface area contributed by atoms with Crippen LogP contribution in [0.1, 0.15) is 57.6 Å². The van der Waals surface area contributed by atoms with Crippen molar-refractivity contribution in [2.75, 3.05) is 0 Å². The summed E-state index contributed by atoms with van der Waals surface area (Å²) in [5.74, 6) is -0.336. The molecule has 0 aliphatic heterocycles. The molecule has 4 heteroatoms. The van der Waals surface area contributed by atoms with Crippen LogP contribution in [0.5, 0.6) is 0 Å². The van der Waals surface area contributed by atoms with Gasteiger partial charge in [-0.1, -0.05) is 38.7 Å². The highest BCUT2D eigenvalue weighted by Crippen LogP contribution is 2.24. The van der Waals surface area contributed by atoms with Crippen molar-refractivity contribution in [1.82, 2.24) is 4.57 Å². The van der Waals surface area contributed by atoms with E-state index in [4.69, 9.17) is 4.42 Å². The maximum absolute atomic E-state index is 11.6. The molecule has 1 aromatic carbocycles. The molecule has 0 bridgehead atoms. The number of fused-ring (bicyclic) bond motifs is 1. The highest BCUT2D eigenvalue weighted by atomic mass is 16.4. The molecular weight excluding hydrogens is 254 g/mol. The lowest BCUT2D eigenvalue weighted by molar-refractivity contribution is 0.163. The smallest absolute Gasteiger partial charge is 0.408 e. The lowest BCUT2D eigenvalue weighted by atomic mass is 10.0. The van der Waals surface area contributed by atoms with E-state index in [9.17, 15) is 9.90 Å². The second-order valence-electron chi connectivity index (χ2n) is 5.20. The van der Waals surface area contributed by atoms with Crippen molar-refractivity contribution in [2.45, 2.75) is 58.6 Å². The molecule has 0 spiro atoms. The van der Waals surface area contributed by atoms with Gasteiger partial charge in [-0.05, 0) is 31.0 Å². The molecule has 1 atom stereocenters. The van der Waals surface area contributed by atoms with Crippen LogP contribution in [0.4, 0.5) is 0 Å². The van der Waals surface area contributed by atoms with E-state index in [0.717, 1.165) is 30.3 Å². The van der Waals surface area contributed by atoms with Crippen molar-refractivity contribution in [1.29, 1.82) is 0 Å². The van der Waals surface area contributed by atoms with Crippen LogP contribution in [-0.4, -0.2) is 9.67 Å². The van der Waals surface area contributed by atoms with E-state index < -0.39 is 6.10 Å². The third-order valence-electron chi connectivity index (χ3n) is 3.72. The van der Waals surface area contributed by atoms with Gasteiger partial charge < -0.3 is 9.52 Å². The fraction of sp³-hybridized carbons (Fsp3) is 0.562. The molecule has 2 rings (SSSR count). The highest BCUT2D eigenvalue weighted by Gasteiger charge is 2.12. The Morgan fingerprint density at radius 1 is 1.25 bits per heavy atom. The maximum atomic E-state index is 11.6. The van der Waals surface area contributed by atoms with E-state index in [0.29, 0.717) is 12.1 Å². The van der Waals surface area contributed by atoms with Crippen molar-refractivity contribution in [2.24, 2.45) is 0 Å². The quantitative estimate of drug-likeness (QED) is 0.786. The van der Waals surface area contributed by atoms with Gasteiger partial charge in [0.2, 0.25) is 0 Å². The molecule has 0 amide bonds. The number of aromatic nitrogens is 1. The number of hydrogen-bond acceptors (Lipinski definition) is 3. The van der Waals surface area contributed by atoms with Crippen molar-refractivity contribution in [3.63, 3.8) is 0 Å². The Kier molecular flexibility index (Phi) is 5.01. The number of unbranched alkanes of at least 4 members (excludes halogenated alkanes) is 3. The number of aryl methyl sites for hydroxylation is 1. The summed E-state index contributed by atoms with van der Waals surface area (Å²) in [6, 6.07) is 5.52. The van der Waals surface area contributed by atoms with Crippen LogP contribution in [-0.2, 0) is 6.54 Å². The summed E-state index contributed by atoms with van der Waals surface area (Å²) in [5, 5.41) is 10.2. The van der Waals surface area contributed by atoms with Crippen LogP contribution in [0.3, 0.4) is 0 Å². The van der Waals surface area contributed by atoms with Gasteiger partial charge in [0.25, 0.3) is 0 Å². The molecular formula is C16H23NO3. The second kappa shape index (κ2) is 6.75. The van der Waals surface area contributed by atoms with Crippen LogP contribution < -0.4 is 5.76 Å².